The molecule has 3 heterocycles. The first kappa shape index (κ1) is 41.9. The average molecular weight is 813 g/mol. The molecule has 0 spiro atoms. The number of hydrogen-bond acceptors (Lipinski definition) is 19. The fourth-order valence-corrected chi connectivity index (χ4v) is 6.27. The first-order chi connectivity index (χ1) is 27.7. The largest absolute Gasteiger partial charge is 0.508 e. The van der Waals surface area contributed by atoms with Gasteiger partial charge in [-0.25, -0.2) is 4.79 Å². The topological polar surface area (TPSA) is 291 Å². The standard InChI is InChI=1S/C39H40O19/c1-17(41)52-16-29-33(48)35(50)36(57-30(46)10-5-18-3-7-20(42)8-4-18)39(56-29)58-37-34(49)32(47)28(15-40)55-38(37)53-21-12-23(44)31-24(45)14-25(54-27(31)13-21)19-6-9-22(43)26(11-19)51-2/h3-14,28-29,32-40,42-44,47-50H,15-16H2,1-2H3/t28-,29+,32-,33+,34-,35-,36-,37-,38+,39-/m0/s1. The Balaban J connectivity index is 1.32. The maximum absolute atomic E-state index is 13.1. The summed E-state index contributed by atoms with van der Waals surface area (Å²) in [7, 11) is 1.33. The molecular weight excluding hydrogens is 772 g/mol. The number of fused-ring (bicyclic) bond motifs is 1. The Morgan fingerprint density at radius 3 is 2.19 bits per heavy atom. The Morgan fingerprint density at radius 2 is 1.50 bits per heavy atom. The van der Waals surface area contributed by atoms with Crippen molar-refractivity contribution >= 4 is 29.0 Å². The lowest BCUT2D eigenvalue weighted by Crippen LogP contribution is -2.65. The summed E-state index contributed by atoms with van der Waals surface area (Å²) < 4.78 is 45.0. The van der Waals surface area contributed by atoms with E-state index in [1.165, 1.54) is 61.7 Å². The monoisotopic (exact) mass is 812 g/mol. The molecule has 2 aliphatic rings. The number of ether oxygens (including phenoxy) is 7. The van der Waals surface area contributed by atoms with Gasteiger partial charge in [-0.2, -0.15) is 0 Å². The Kier molecular flexibility index (Phi) is 12.8. The second kappa shape index (κ2) is 17.8. The van der Waals surface area contributed by atoms with E-state index in [4.69, 9.17) is 37.6 Å². The number of methoxy groups -OCH3 is 1. The summed E-state index contributed by atoms with van der Waals surface area (Å²) in [6.07, 6.45) is -15.6. The number of phenols is 3. The molecule has 310 valence electrons. The molecule has 19 heteroatoms. The van der Waals surface area contributed by atoms with Crippen molar-refractivity contribution in [2.45, 2.75) is 68.3 Å². The van der Waals surface area contributed by atoms with Crippen molar-refractivity contribution < 1.29 is 88.0 Å². The first-order valence-electron chi connectivity index (χ1n) is 17.6. The van der Waals surface area contributed by atoms with Gasteiger partial charge >= 0.3 is 11.9 Å². The molecular formula is C39H40O19. The van der Waals surface area contributed by atoms with Crippen LogP contribution in [-0.4, -0.2) is 135 Å². The van der Waals surface area contributed by atoms with Gasteiger partial charge in [0.05, 0.1) is 13.7 Å². The van der Waals surface area contributed by atoms with Crippen LogP contribution >= 0.6 is 0 Å². The minimum Gasteiger partial charge on any atom is -0.508 e. The van der Waals surface area contributed by atoms with Crippen LogP contribution in [0.5, 0.6) is 28.7 Å². The van der Waals surface area contributed by atoms with Crippen molar-refractivity contribution in [2.75, 3.05) is 20.3 Å². The van der Waals surface area contributed by atoms with Crippen molar-refractivity contribution in [3.05, 3.63) is 82.5 Å². The molecule has 3 aromatic carbocycles. The molecule has 1 aromatic heterocycles. The Bertz CT molecular complexity index is 2180. The van der Waals surface area contributed by atoms with Gasteiger partial charge in [-0.05, 0) is 42.0 Å². The van der Waals surface area contributed by atoms with Crippen molar-refractivity contribution in [2.24, 2.45) is 0 Å². The third kappa shape index (κ3) is 9.17. The van der Waals surface area contributed by atoms with Gasteiger partial charge in [0.1, 0.15) is 77.2 Å². The third-order valence-electron chi connectivity index (χ3n) is 9.27. The van der Waals surface area contributed by atoms with E-state index in [0.717, 1.165) is 25.1 Å². The molecule has 19 nitrogen and oxygen atoms in total. The molecule has 0 radical (unpaired) electrons. The van der Waals surface area contributed by atoms with Crippen molar-refractivity contribution in [3.8, 4) is 40.1 Å². The predicted molar refractivity (Wildman–Crippen MR) is 195 cm³/mol. The van der Waals surface area contributed by atoms with Crippen LogP contribution in [0.15, 0.2) is 76.0 Å². The summed E-state index contributed by atoms with van der Waals surface area (Å²) in [6, 6.07) is 13.3. The first-order valence-corrected chi connectivity index (χ1v) is 17.6. The van der Waals surface area contributed by atoms with Crippen LogP contribution in [0.25, 0.3) is 28.4 Å². The van der Waals surface area contributed by atoms with Crippen molar-refractivity contribution in [1.29, 1.82) is 0 Å². The lowest BCUT2D eigenvalue weighted by molar-refractivity contribution is -0.358. The van der Waals surface area contributed by atoms with Gasteiger partial charge in [0, 0.05) is 36.8 Å². The minimum absolute atomic E-state index is 0.0124. The smallest absolute Gasteiger partial charge is 0.331 e. The van der Waals surface area contributed by atoms with E-state index in [-0.39, 0.29) is 39.7 Å². The molecule has 2 saturated heterocycles. The maximum atomic E-state index is 13.1. The van der Waals surface area contributed by atoms with Crippen LogP contribution in [0.4, 0.5) is 0 Å². The number of hydrogen-bond donors (Lipinski definition) is 8. The zero-order valence-electron chi connectivity index (χ0n) is 30.7. The average Bonchev–Trinajstić information content (AvgIpc) is 3.19. The number of esters is 2. The number of carbonyl (C=O) groups excluding carboxylic acids is 2. The predicted octanol–water partition coefficient (Wildman–Crippen LogP) is 0.423. The summed E-state index contributed by atoms with van der Waals surface area (Å²) >= 11 is 0. The highest BCUT2D eigenvalue weighted by Crippen LogP contribution is 2.37. The lowest BCUT2D eigenvalue weighted by atomic mass is 9.97. The SMILES string of the molecule is COc1cc(-c2cc(=O)c3c(O)cc(O[C@@H]4O[C@@H](CO)[C@H](O)[C@H](O)[C@@H]4O[C@@H]4O[C@H](COC(C)=O)[C@@H](O)[C@H](O)[C@@H]4OC(=O)C=Cc4ccc(O)cc4)cc3o2)ccc1O. The van der Waals surface area contributed by atoms with Gasteiger partial charge in [0.2, 0.25) is 6.29 Å². The van der Waals surface area contributed by atoms with Crippen LogP contribution < -0.4 is 14.9 Å². The summed E-state index contributed by atoms with van der Waals surface area (Å²) in [4.78, 5) is 37.7. The second-order valence-electron chi connectivity index (χ2n) is 13.3. The Hall–Kier alpha value is -5.77. The number of aliphatic hydroxyl groups is 5. The number of aromatic hydroxyl groups is 3. The zero-order chi connectivity index (χ0) is 41.8. The highest BCUT2D eigenvalue weighted by Gasteiger charge is 2.53. The van der Waals surface area contributed by atoms with Gasteiger partial charge in [0.15, 0.2) is 35.4 Å². The molecule has 8 N–H and O–H groups in total. The third-order valence-corrected chi connectivity index (χ3v) is 9.27. The lowest BCUT2D eigenvalue weighted by Gasteiger charge is -2.46. The molecule has 6 rings (SSSR count). The van der Waals surface area contributed by atoms with Gasteiger partial charge < -0.3 is 78.4 Å². The second-order valence-corrected chi connectivity index (χ2v) is 13.3. The molecule has 0 amide bonds. The molecule has 10 atom stereocenters. The highest BCUT2D eigenvalue weighted by molar-refractivity contribution is 5.87. The summed E-state index contributed by atoms with van der Waals surface area (Å²) in [5, 5.41) is 84.4. The van der Waals surface area contributed by atoms with Crippen molar-refractivity contribution in [3.63, 3.8) is 0 Å². The summed E-state index contributed by atoms with van der Waals surface area (Å²) in [5.41, 5.74) is -0.0386. The van der Waals surface area contributed by atoms with Crippen LogP contribution in [0.2, 0.25) is 0 Å². The van der Waals surface area contributed by atoms with Crippen LogP contribution in [0.3, 0.4) is 0 Å². The summed E-state index contributed by atoms with van der Waals surface area (Å²) in [6.45, 7) is -0.346. The molecule has 0 bridgehead atoms. The number of benzene rings is 3. The van der Waals surface area contributed by atoms with E-state index in [1.807, 2.05) is 0 Å². The minimum atomic E-state index is -1.95. The van der Waals surface area contributed by atoms with Crippen LogP contribution in [-0.2, 0) is 33.3 Å². The normalized spacial score (nSPS) is 27.3. The van der Waals surface area contributed by atoms with Gasteiger partial charge in [-0.1, -0.05) is 12.1 Å². The van der Waals surface area contributed by atoms with E-state index in [2.05, 4.69) is 0 Å². The molecule has 0 aliphatic carbocycles. The molecule has 58 heavy (non-hydrogen) atoms. The molecule has 2 aliphatic heterocycles. The molecule has 0 saturated carbocycles. The van der Waals surface area contributed by atoms with E-state index in [1.54, 1.807) is 0 Å². The van der Waals surface area contributed by atoms with Crippen molar-refractivity contribution in [1.82, 2.24) is 0 Å². The Morgan fingerprint density at radius 1 is 0.810 bits per heavy atom. The molecule has 0 unspecified atom stereocenters. The zero-order valence-corrected chi connectivity index (χ0v) is 30.7. The maximum Gasteiger partial charge on any atom is 0.331 e. The number of aliphatic hydroxyl groups excluding tert-OH is 5. The van der Waals surface area contributed by atoms with E-state index in [9.17, 15) is 55.2 Å². The van der Waals surface area contributed by atoms with Gasteiger partial charge in [-0.3, -0.25) is 9.59 Å². The quantitative estimate of drug-likeness (QED) is 0.0710. The number of carbonyl (C=O) groups is 2. The fourth-order valence-electron chi connectivity index (χ4n) is 6.27. The van der Waals surface area contributed by atoms with E-state index in [0.29, 0.717) is 11.1 Å². The fraction of sp³-hybridized carbons (Fsp3) is 0.359. The van der Waals surface area contributed by atoms with Crippen LogP contribution in [0.1, 0.15) is 12.5 Å². The number of phenolic OH excluding ortho intramolecular Hbond substituents is 3. The van der Waals surface area contributed by atoms with Crippen LogP contribution in [0, 0.1) is 0 Å². The van der Waals surface area contributed by atoms with E-state index < -0.39 is 97.7 Å². The number of rotatable bonds is 12. The van der Waals surface area contributed by atoms with Gasteiger partial charge in [-0.15, -0.1) is 0 Å². The molecule has 4 aromatic rings. The van der Waals surface area contributed by atoms with Gasteiger partial charge in [0.25, 0.3) is 0 Å². The summed E-state index contributed by atoms with van der Waals surface area (Å²) in [5.74, 6) is -2.76. The highest BCUT2D eigenvalue weighted by atomic mass is 16.8. The van der Waals surface area contributed by atoms with E-state index >= 15 is 0 Å². The molecule has 2 fully saturated rings. The Labute approximate surface area is 328 Å².